The van der Waals surface area contributed by atoms with E-state index in [2.05, 4.69) is 28.2 Å². The van der Waals surface area contributed by atoms with Crippen LogP contribution in [0.3, 0.4) is 0 Å². The SMILES string of the molecule is CC(=O)NC(CC(=O)N1CCC(C)CC1CN)c1ccc(Br)cc1. The van der Waals surface area contributed by atoms with E-state index in [0.717, 1.165) is 29.4 Å². The third-order valence-electron chi connectivity index (χ3n) is 4.60. The predicted molar refractivity (Wildman–Crippen MR) is 98.3 cm³/mol. The van der Waals surface area contributed by atoms with E-state index in [1.807, 2.05) is 29.2 Å². The largest absolute Gasteiger partial charge is 0.349 e. The van der Waals surface area contributed by atoms with E-state index in [4.69, 9.17) is 5.73 Å². The van der Waals surface area contributed by atoms with Gasteiger partial charge in [0.2, 0.25) is 11.8 Å². The summed E-state index contributed by atoms with van der Waals surface area (Å²) in [5.74, 6) is 0.512. The van der Waals surface area contributed by atoms with Crippen molar-refractivity contribution in [3.8, 4) is 0 Å². The van der Waals surface area contributed by atoms with E-state index in [0.29, 0.717) is 12.5 Å². The molecule has 1 heterocycles. The zero-order chi connectivity index (χ0) is 17.7. The second-order valence-electron chi connectivity index (χ2n) is 6.61. The number of hydrogen-bond acceptors (Lipinski definition) is 3. The average molecular weight is 396 g/mol. The third kappa shape index (κ3) is 5.05. The van der Waals surface area contributed by atoms with Crippen LogP contribution in [0.5, 0.6) is 0 Å². The highest BCUT2D eigenvalue weighted by atomic mass is 79.9. The number of hydrogen-bond donors (Lipinski definition) is 2. The molecule has 3 unspecified atom stereocenters. The van der Waals surface area contributed by atoms with E-state index in [-0.39, 0.29) is 30.3 Å². The number of halogens is 1. The maximum Gasteiger partial charge on any atom is 0.225 e. The smallest absolute Gasteiger partial charge is 0.225 e. The Kier molecular flexibility index (Phi) is 6.80. The topological polar surface area (TPSA) is 75.4 Å². The van der Waals surface area contributed by atoms with Crippen LogP contribution >= 0.6 is 15.9 Å². The molecular weight excluding hydrogens is 370 g/mol. The molecule has 1 aliphatic rings. The first-order chi connectivity index (χ1) is 11.4. The molecule has 0 radical (unpaired) electrons. The van der Waals surface area contributed by atoms with Crippen molar-refractivity contribution in [3.05, 3.63) is 34.3 Å². The number of nitrogens with two attached hydrogens (primary N) is 1. The average Bonchev–Trinajstić information content (AvgIpc) is 2.54. The number of benzene rings is 1. The molecule has 0 aromatic heterocycles. The second-order valence-corrected chi connectivity index (χ2v) is 7.53. The van der Waals surface area contributed by atoms with E-state index < -0.39 is 0 Å². The monoisotopic (exact) mass is 395 g/mol. The van der Waals surface area contributed by atoms with Crippen molar-refractivity contribution in [1.82, 2.24) is 10.2 Å². The van der Waals surface area contributed by atoms with Crippen LogP contribution in [0.25, 0.3) is 0 Å². The van der Waals surface area contributed by atoms with Gasteiger partial charge in [0.05, 0.1) is 12.5 Å². The fraction of sp³-hybridized carbons (Fsp3) is 0.556. The lowest BCUT2D eigenvalue weighted by atomic mass is 9.91. The van der Waals surface area contributed by atoms with Gasteiger partial charge in [-0.3, -0.25) is 9.59 Å². The molecule has 6 heteroatoms. The molecular formula is C18H26BrN3O2. The van der Waals surface area contributed by atoms with Crippen LogP contribution in [0.4, 0.5) is 0 Å². The van der Waals surface area contributed by atoms with Gasteiger partial charge in [-0.2, -0.15) is 0 Å². The number of nitrogens with one attached hydrogen (secondary N) is 1. The molecule has 0 spiro atoms. The van der Waals surface area contributed by atoms with Gasteiger partial charge in [0.1, 0.15) is 0 Å². The molecule has 5 nitrogen and oxygen atoms in total. The minimum atomic E-state index is -0.319. The molecule has 1 aromatic rings. The Hall–Kier alpha value is -1.40. The molecule has 0 saturated carbocycles. The second kappa shape index (κ2) is 8.62. The summed E-state index contributed by atoms with van der Waals surface area (Å²) in [6.45, 7) is 4.90. The lowest BCUT2D eigenvalue weighted by Gasteiger charge is -2.38. The molecule has 1 aromatic carbocycles. The Morgan fingerprint density at radius 1 is 1.38 bits per heavy atom. The minimum absolute atomic E-state index is 0.0546. The summed E-state index contributed by atoms with van der Waals surface area (Å²) >= 11 is 3.41. The lowest BCUT2D eigenvalue weighted by Crippen LogP contribution is -2.50. The van der Waals surface area contributed by atoms with Gasteiger partial charge >= 0.3 is 0 Å². The van der Waals surface area contributed by atoms with Gasteiger partial charge in [0.15, 0.2) is 0 Å². The quantitative estimate of drug-likeness (QED) is 0.804. The van der Waals surface area contributed by atoms with Gasteiger partial charge < -0.3 is 16.0 Å². The maximum absolute atomic E-state index is 12.8. The summed E-state index contributed by atoms with van der Waals surface area (Å²) in [7, 11) is 0. The van der Waals surface area contributed by atoms with Gasteiger partial charge in [-0.05, 0) is 36.5 Å². The Morgan fingerprint density at radius 2 is 2.04 bits per heavy atom. The third-order valence-corrected chi connectivity index (χ3v) is 5.13. The molecule has 0 aliphatic carbocycles. The zero-order valence-electron chi connectivity index (χ0n) is 14.3. The highest BCUT2D eigenvalue weighted by molar-refractivity contribution is 9.10. The van der Waals surface area contributed by atoms with Gasteiger partial charge in [-0.1, -0.05) is 35.0 Å². The summed E-state index contributed by atoms with van der Waals surface area (Å²) in [4.78, 5) is 26.3. The first-order valence-corrected chi connectivity index (χ1v) is 9.22. The lowest BCUT2D eigenvalue weighted by molar-refractivity contribution is -0.136. The summed E-state index contributed by atoms with van der Waals surface area (Å²) in [6, 6.07) is 7.47. The molecule has 1 saturated heterocycles. The summed E-state index contributed by atoms with van der Waals surface area (Å²) in [6.07, 6.45) is 2.21. The van der Waals surface area contributed by atoms with Gasteiger partial charge in [0, 0.05) is 30.5 Å². The van der Waals surface area contributed by atoms with E-state index in [1.54, 1.807) is 0 Å². The Morgan fingerprint density at radius 3 is 2.62 bits per heavy atom. The molecule has 3 N–H and O–H groups in total. The van der Waals surface area contributed by atoms with Crippen LogP contribution in [0.15, 0.2) is 28.7 Å². The molecule has 1 fully saturated rings. The van der Waals surface area contributed by atoms with E-state index in [1.165, 1.54) is 6.92 Å². The van der Waals surface area contributed by atoms with Gasteiger partial charge in [-0.15, -0.1) is 0 Å². The number of carbonyl (C=O) groups is 2. The van der Waals surface area contributed by atoms with Crippen molar-refractivity contribution < 1.29 is 9.59 Å². The van der Waals surface area contributed by atoms with Crippen LogP contribution in [0, 0.1) is 5.92 Å². The van der Waals surface area contributed by atoms with Crippen molar-refractivity contribution in [2.45, 2.75) is 45.2 Å². The fourth-order valence-corrected chi connectivity index (χ4v) is 3.55. The molecule has 132 valence electrons. The van der Waals surface area contributed by atoms with Crippen LogP contribution in [0.1, 0.15) is 44.7 Å². The number of piperidine rings is 1. The standard InChI is InChI=1S/C18H26BrN3O2/c1-12-7-8-22(16(9-12)11-20)18(24)10-17(21-13(2)23)14-3-5-15(19)6-4-14/h3-6,12,16-17H,7-11,20H2,1-2H3,(H,21,23). The minimum Gasteiger partial charge on any atom is -0.349 e. The van der Waals surface area contributed by atoms with Crippen LogP contribution in [-0.2, 0) is 9.59 Å². The van der Waals surface area contributed by atoms with Crippen molar-refractivity contribution in [3.63, 3.8) is 0 Å². The van der Waals surface area contributed by atoms with Crippen molar-refractivity contribution in [1.29, 1.82) is 0 Å². The van der Waals surface area contributed by atoms with Gasteiger partial charge in [0.25, 0.3) is 0 Å². The van der Waals surface area contributed by atoms with Gasteiger partial charge in [-0.25, -0.2) is 0 Å². The predicted octanol–water partition coefficient (Wildman–Crippen LogP) is 2.60. The Labute approximate surface area is 152 Å². The first-order valence-electron chi connectivity index (χ1n) is 8.42. The van der Waals surface area contributed by atoms with Crippen LogP contribution in [-0.4, -0.2) is 35.8 Å². The number of nitrogens with zero attached hydrogens (tertiary/aromatic N) is 1. The molecule has 0 bridgehead atoms. The molecule has 3 atom stereocenters. The number of carbonyl (C=O) groups excluding carboxylic acids is 2. The summed E-state index contributed by atoms with van der Waals surface area (Å²) < 4.78 is 0.965. The maximum atomic E-state index is 12.8. The first kappa shape index (κ1) is 18.9. The Bertz CT molecular complexity index is 576. The van der Waals surface area contributed by atoms with Crippen molar-refractivity contribution in [2.75, 3.05) is 13.1 Å². The highest BCUT2D eigenvalue weighted by Gasteiger charge is 2.30. The fourth-order valence-electron chi connectivity index (χ4n) is 3.29. The van der Waals surface area contributed by atoms with Crippen molar-refractivity contribution >= 4 is 27.7 Å². The number of likely N-dealkylation sites (tertiary alicyclic amines) is 1. The van der Waals surface area contributed by atoms with Crippen LogP contribution in [0.2, 0.25) is 0 Å². The Balaban J connectivity index is 2.11. The normalized spacial score (nSPS) is 22.1. The molecule has 1 aliphatic heterocycles. The number of rotatable bonds is 5. The molecule has 2 rings (SSSR count). The van der Waals surface area contributed by atoms with E-state index >= 15 is 0 Å². The summed E-state index contributed by atoms with van der Waals surface area (Å²) in [5.41, 5.74) is 6.79. The number of amides is 2. The van der Waals surface area contributed by atoms with Crippen molar-refractivity contribution in [2.24, 2.45) is 11.7 Å². The summed E-state index contributed by atoms with van der Waals surface area (Å²) in [5, 5.41) is 2.89. The molecule has 24 heavy (non-hydrogen) atoms. The highest BCUT2D eigenvalue weighted by Crippen LogP contribution is 2.26. The van der Waals surface area contributed by atoms with Crippen LogP contribution < -0.4 is 11.1 Å². The molecule has 2 amide bonds. The van der Waals surface area contributed by atoms with E-state index in [9.17, 15) is 9.59 Å². The zero-order valence-corrected chi connectivity index (χ0v) is 15.9.